The van der Waals surface area contributed by atoms with Crippen LogP contribution in [0.3, 0.4) is 0 Å². The number of nitro benzene ring substituents is 1. The molecule has 44 heavy (non-hydrogen) atoms. The van der Waals surface area contributed by atoms with Crippen LogP contribution < -0.4 is 19.8 Å². The Labute approximate surface area is 258 Å². The predicted octanol–water partition coefficient (Wildman–Crippen LogP) is 6.96. The zero-order valence-corrected chi connectivity index (χ0v) is 25.0. The second-order valence-electron chi connectivity index (χ2n) is 9.55. The fourth-order valence-electron chi connectivity index (χ4n) is 4.71. The van der Waals surface area contributed by atoms with Gasteiger partial charge in [-0.05, 0) is 69.5 Å². The molecule has 0 saturated carbocycles. The zero-order chi connectivity index (χ0) is 30.8. The van der Waals surface area contributed by atoms with Gasteiger partial charge in [-0.25, -0.2) is 4.98 Å². The molecule has 0 aliphatic carbocycles. The molecule has 0 spiro atoms. The van der Waals surface area contributed by atoms with E-state index in [9.17, 15) is 14.9 Å². The second kappa shape index (κ2) is 12.0. The van der Waals surface area contributed by atoms with Crippen molar-refractivity contribution in [1.82, 2.24) is 9.66 Å². The summed E-state index contributed by atoms with van der Waals surface area (Å²) in [5.41, 5.74) is 1.89. The number of methoxy groups -OCH3 is 2. The molecule has 0 saturated heterocycles. The topological polar surface area (TPSA) is 131 Å². The van der Waals surface area contributed by atoms with Gasteiger partial charge in [-0.3, -0.25) is 14.9 Å². The van der Waals surface area contributed by atoms with E-state index in [0.29, 0.717) is 55.1 Å². The Hall–Kier alpha value is -5.49. The number of rotatable bonds is 9. The first-order valence-corrected chi connectivity index (χ1v) is 14.0. The number of halogens is 1. The minimum absolute atomic E-state index is 0.0248. The summed E-state index contributed by atoms with van der Waals surface area (Å²) in [6.45, 7) is 0.0773. The van der Waals surface area contributed by atoms with Crippen molar-refractivity contribution in [2.45, 2.75) is 6.61 Å². The molecule has 0 amide bonds. The van der Waals surface area contributed by atoms with Gasteiger partial charge in [0.2, 0.25) is 5.82 Å². The van der Waals surface area contributed by atoms with Crippen LogP contribution in [0.15, 0.2) is 104 Å². The Balaban J connectivity index is 1.38. The smallest absolute Gasteiger partial charge is 0.282 e. The Morgan fingerprint density at radius 1 is 0.977 bits per heavy atom. The number of para-hydroxylation sites is 1. The number of benzene rings is 4. The Morgan fingerprint density at radius 2 is 1.77 bits per heavy atom. The van der Waals surface area contributed by atoms with Crippen molar-refractivity contribution in [3.8, 4) is 28.8 Å². The molecule has 0 radical (unpaired) electrons. The molecule has 2 heterocycles. The summed E-state index contributed by atoms with van der Waals surface area (Å²) in [6.07, 6.45) is 1.50. The molecule has 0 atom stereocenters. The molecule has 0 unspecified atom stereocenters. The number of furan rings is 1. The molecule has 0 aliphatic heterocycles. The summed E-state index contributed by atoms with van der Waals surface area (Å²) in [7, 11) is 3.07. The van der Waals surface area contributed by atoms with E-state index < -0.39 is 4.92 Å². The highest BCUT2D eigenvalue weighted by molar-refractivity contribution is 9.10. The third kappa shape index (κ3) is 5.50. The summed E-state index contributed by atoms with van der Waals surface area (Å²) in [6, 6.07) is 23.9. The zero-order valence-electron chi connectivity index (χ0n) is 23.4. The Kier molecular flexibility index (Phi) is 7.82. The van der Waals surface area contributed by atoms with E-state index in [4.69, 9.17) is 23.6 Å². The number of nitrogens with zero attached hydrogens (tertiary/aromatic N) is 4. The number of non-ortho nitro benzene ring substituents is 1. The van der Waals surface area contributed by atoms with Crippen molar-refractivity contribution < 1.29 is 23.6 Å². The summed E-state index contributed by atoms with van der Waals surface area (Å²) in [5.74, 6) is 1.97. The normalized spacial score (nSPS) is 11.3. The molecule has 0 aliphatic rings. The average Bonchev–Trinajstić information content (AvgIpc) is 3.48. The van der Waals surface area contributed by atoms with E-state index in [1.165, 1.54) is 30.1 Å². The van der Waals surface area contributed by atoms with E-state index in [1.54, 1.807) is 67.8 Å². The molecule has 0 fully saturated rings. The van der Waals surface area contributed by atoms with Crippen molar-refractivity contribution in [2.24, 2.45) is 5.10 Å². The molecule has 4 aromatic carbocycles. The van der Waals surface area contributed by atoms with Crippen LogP contribution in [0.25, 0.3) is 33.5 Å². The maximum atomic E-state index is 13.7. The van der Waals surface area contributed by atoms with Crippen molar-refractivity contribution in [1.29, 1.82) is 0 Å². The number of nitro groups is 1. The summed E-state index contributed by atoms with van der Waals surface area (Å²) < 4.78 is 24.8. The molecule has 0 N–H and O–H groups in total. The lowest BCUT2D eigenvalue weighted by atomic mass is 10.2. The predicted molar refractivity (Wildman–Crippen MR) is 169 cm³/mol. The quantitative estimate of drug-likeness (QED) is 0.0929. The van der Waals surface area contributed by atoms with Gasteiger partial charge in [-0.2, -0.15) is 9.78 Å². The van der Waals surface area contributed by atoms with E-state index >= 15 is 0 Å². The van der Waals surface area contributed by atoms with Crippen LogP contribution in [0, 0.1) is 10.1 Å². The molecule has 2 aromatic heterocycles. The number of hydrogen-bond acceptors (Lipinski definition) is 9. The molecule has 6 aromatic rings. The van der Waals surface area contributed by atoms with Gasteiger partial charge in [0.25, 0.3) is 11.2 Å². The lowest BCUT2D eigenvalue weighted by Gasteiger charge is -2.13. The maximum Gasteiger partial charge on any atom is 0.282 e. The number of aromatic nitrogens is 2. The number of ether oxygens (including phenoxy) is 3. The average molecular weight is 655 g/mol. The monoisotopic (exact) mass is 654 g/mol. The summed E-state index contributed by atoms with van der Waals surface area (Å²) >= 11 is 3.53. The van der Waals surface area contributed by atoms with Gasteiger partial charge < -0.3 is 18.6 Å². The standard InChI is InChI=1S/C32H23BrN4O7/c1-41-26-11-6-12-27-23(26)16-29(44-27)31-35-25-10-4-3-9-22(25)32(38)36(31)34-17-20-14-24(33)30(28(15-20)42-2)43-18-19-7-5-8-21(13-19)37(39)40/h3-17H,18H2,1-2H3. The van der Waals surface area contributed by atoms with Gasteiger partial charge in [0.15, 0.2) is 17.3 Å². The highest BCUT2D eigenvalue weighted by atomic mass is 79.9. The SMILES string of the molecule is COc1cc(C=Nn2c(-c3cc4c(OC)cccc4o3)nc3ccccc3c2=O)cc(Br)c1OCc1cccc([N+](=O)[O-])c1. The fraction of sp³-hybridized carbons (Fsp3) is 0.0938. The summed E-state index contributed by atoms with van der Waals surface area (Å²) in [5, 5.41) is 16.8. The molecular formula is C32H23BrN4O7. The minimum Gasteiger partial charge on any atom is -0.496 e. The van der Waals surface area contributed by atoms with Crippen molar-refractivity contribution in [2.75, 3.05) is 14.2 Å². The third-order valence-corrected chi connectivity index (χ3v) is 7.38. The van der Waals surface area contributed by atoms with Crippen molar-refractivity contribution in [3.63, 3.8) is 0 Å². The van der Waals surface area contributed by atoms with Crippen LogP contribution in [0.4, 0.5) is 5.69 Å². The summed E-state index contributed by atoms with van der Waals surface area (Å²) in [4.78, 5) is 29.1. The van der Waals surface area contributed by atoms with E-state index in [0.717, 1.165) is 5.39 Å². The molecule has 11 nitrogen and oxygen atoms in total. The lowest BCUT2D eigenvalue weighted by molar-refractivity contribution is -0.384. The Morgan fingerprint density at radius 3 is 2.57 bits per heavy atom. The van der Waals surface area contributed by atoms with Crippen molar-refractivity contribution in [3.05, 3.63) is 121 Å². The van der Waals surface area contributed by atoms with Crippen LogP contribution >= 0.6 is 15.9 Å². The van der Waals surface area contributed by atoms with Gasteiger partial charge in [0.1, 0.15) is 17.9 Å². The molecule has 0 bridgehead atoms. The molecule has 12 heteroatoms. The largest absolute Gasteiger partial charge is 0.496 e. The highest BCUT2D eigenvalue weighted by Gasteiger charge is 2.18. The molecule has 6 rings (SSSR count). The van der Waals surface area contributed by atoms with Crippen LogP contribution in [0.2, 0.25) is 0 Å². The van der Waals surface area contributed by atoms with Gasteiger partial charge in [-0.1, -0.05) is 30.3 Å². The van der Waals surface area contributed by atoms with Crippen LogP contribution in [-0.4, -0.2) is 35.0 Å². The highest BCUT2D eigenvalue weighted by Crippen LogP contribution is 2.37. The minimum atomic E-state index is -0.457. The van der Waals surface area contributed by atoms with Gasteiger partial charge >= 0.3 is 0 Å². The first kappa shape index (κ1) is 28.6. The maximum absolute atomic E-state index is 13.7. The molecule has 220 valence electrons. The first-order chi connectivity index (χ1) is 21.4. The van der Waals surface area contributed by atoms with E-state index in [-0.39, 0.29) is 23.7 Å². The van der Waals surface area contributed by atoms with E-state index in [2.05, 4.69) is 21.0 Å². The van der Waals surface area contributed by atoms with Gasteiger partial charge in [0, 0.05) is 12.1 Å². The molecular weight excluding hydrogens is 632 g/mol. The fourth-order valence-corrected chi connectivity index (χ4v) is 5.28. The van der Waals surface area contributed by atoms with Crippen molar-refractivity contribution >= 4 is 49.7 Å². The lowest BCUT2D eigenvalue weighted by Crippen LogP contribution is -2.20. The number of fused-ring (bicyclic) bond motifs is 2. The van der Waals surface area contributed by atoms with Crippen LogP contribution in [0.1, 0.15) is 11.1 Å². The Bertz CT molecular complexity index is 2140. The van der Waals surface area contributed by atoms with E-state index in [1.807, 2.05) is 12.1 Å². The first-order valence-electron chi connectivity index (χ1n) is 13.2. The van der Waals surface area contributed by atoms with Crippen LogP contribution in [0.5, 0.6) is 17.2 Å². The third-order valence-electron chi connectivity index (χ3n) is 6.79. The second-order valence-corrected chi connectivity index (χ2v) is 10.4. The van der Waals surface area contributed by atoms with Gasteiger partial charge in [0.05, 0.1) is 46.1 Å². The number of hydrogen-bond donors (Lipinski definition) is 0. The van der Waals surface area contributed by atoms with Gasteiger partial charge in [-0.15, -0.1) is 0 Å². The van der Waals surface area contributed by atoms with Crippen LogP contribution in [-0.2, 0) is 6.61 Å².